The van der Waals surface area contributed by atoms with Gasteiger partial charge >= 0.3 is 5.97 Å². The summed E-state index contributed by atoms with van der Waals surface area (Å²) < 4.78 is 6.63. The molecular weight excluding hydrogens is 194 g/mol. The summed E-state index contributed by atoms with van der Waals surface area (Å²) >= 11 is 0. The molecule has 0 aliphatic carbocycles. The third kappa shape index (κ3) is 1.66. The third-order valence-corrected chi connectivity index (χ3v) is 2.09. The second-order valence-corrected chi connectivity index (χ2v) is 3.11. The summed E-state index contributed by atoms with van der Waals surface area (Å²) in [6.45, 7) is 1.37. The number of ether oxygens (including phenoxy) is 1. The molecule has 2 rings (SSSR count). The number of nitrogens with zero attached hydrogens (tertiary/aromatic N) is 1. The summed E-state index contributed by atoms with van der Waals surface area (Å²) in [5.41, 5.74) is 0.872. The minimum Gasteiger partial charge on any atom is -0.424 e. The van der Waals surface area contributed by atoms with Gasteiger partial charge in [0.1, 0.15) is 7.11 Å². The van der Waals surface area contributed by atoms with Gasteiger partial charge in [-0.05, 0) is 12.1 Å². The molecule has 0 amide bonds. The third-order valence-electron chi connectivity index (χ3n) is 2.09. The summed E-state index contributed by atoms with van der Waals surface area (Å²) in [6, 6.07) is 7.56. The SMILES string of the molecule is COn1cc(OC(C)=O)c2ccccc21. The predicted octanol–water partition coefficient (Wildman–Crippen LogP) is 1.62. The molecule has 0 spiro atoms. The van der Waals surface area contributed by atoms with E-state index in [1.54, 1.807) is 18.0 Å². The molecule has 0 unspecified atom stereocenters. The molecular formula is C11H11NO3. The monoisotopic (exact) mass is 205 g/mol. The molecule has 0 N–H and O–H groups in total. The van der Waals surface area contributed by atoms with Crippen molar-refractivity contribution in [2.45, 2.75) is 6.92 Å². The van der Waals surface area contributed by atoms with Gasteiger partial charge in [-0.2, -0.15) is 4.73 Å². The van der Waals surface area contributed by atoms with Gasteiger partial charge in [-0.25, -0.2) is 0 Å². The van der Waals surface area contributed by atoms with E-state index in [1.807, 2.05) is 24.3 Å². The van der Waals surface area contributed by atoms with Crippen molar-refractivity contribution in [2.75, 3.05) is 7.11 Å². The average Bonchev–Trinajstić information content (AvgIpc) is 2.56. The molecule has 0 aliphatic rings. The van der Waals surface area contributed by atoms with Gasteiger partial charge in [-0.1, -0.05) is 12.1 Å². The van der Waals surface area contributed by atoms with Gasteiger partial charge in [0.25, 0.3) is 0 Å². The normalized spacial score (nSPS) is 10.3. The molecule has 1 aromatic heterocycles. The number of fused-ring (bicyclic) bond motifs is 1. The van der Waals surface area contributed by atoms with E-state index in [0.29, 0.717) is 5.75 Å². The van der Waals surface area contributed by atoms with Crippen LogP contribution in [0.2, 0.25) is 0 Å². The van der Waals surface area contributed by atoms with Crippen LogP contribution in [0, 0.1) is 0 Å². The number of carbonyl (C=O) groups excluding carboxylic acids is 1. The van der Waals surface area contributed by atoms with E-state index in [2.05, 4.69) is 0 Å². The Labute approximate surface area is 87.0 Å². The molecule has 15 heavy (non-hydrogen) atoms. The molecule has 0 radical (unpaired) electrons. The number of hydrogen-bond donors (Lipinski definition) is 0. The van der Waals surface area contributed by atoms with Crippen molar-refractivity contribution in [1.82, 2.24) is 4.73 Å². The van der Waals surface area contributed by atoms with Crippen molar-refractivity contribution >= 4 is 16.9 Å². The van der Waals surface area contributed by atoms with E-state index in [1.165, 1.54) is 6.92 Å². The molecule has 0 aliphatic heterocycles. The van der Waals surface area contributed by atoms with Gasteiger partial charge in [0.2, 0.25) is 0 Å². The van der Waals surface area contributed by atoms with Gasteiger partial charge in [0, 0.05) is 12.3 Å². The van der Waals surface area contributed by atoms with E-state index >= 15 is 0 Å². The lowest BCUT2D eigenvalue weighted by Gasteiger charge is -1.99. The van der Waals surface area contributed by atoms with E-state index in [9.17, 15) is 4.79 Å². The Kier molecular flexibility index (Phi) is 2.33. The first kappa shape index (κ1) is 9.58. The van der Waals surface area contributed by atoms with Gasteiger partial charge in [0.15, 0.2) is 5.75 Å². The maximum Gasteiger partial charge on any atom is 0.308 e. The van der Waals surface area contributed by atoms with Gasteiger partial charge < -0.3 is 9.57 Å². The fourth-order valence-electron chi connectivity index (χ4n) is 1.51. The van der Waals surface area contributed by atoms with Crippen LogP contribution in [0.4, 0.5) is 0 Å². The Morgan fingerprint density at radius 2 is 2.07 bits per heavy atom. The van der Waals surface area contributed by atoms with Crippen molar-refractivity contribution in [3.05, 3.63) is 30.5 Å². The summed E-state index contributed by atoms with van der Waals surface area (Å²) in [6.07, 6.45) is 1.64. The molecule has 0 atom stereocenters. The van der Waals surface area contributed by atoms with Gasteiger partial charge in [-0.15, -0.1) is 0 Å². The smallest absolute Gasteiger partial charge is 0.308 e. The fraction of sp³-hybridized carbons (Fsp3) is 0.182. The quantitative estimate of drug-likeness (QED) is 0.699. The minimum atomic E-state index is -0.339. The lowest BCUT2D eigenvalue weighted by Crippen LogP contribution is -2.03. The van der Waals surface area contributed by atoms with Crippen LogP contribution in [0.1, 0.15) is 6.92 Å². The Morgan fingerprint density at radius 1 is 1.33 bits per heavy atom. The molecule has 4 nitrogen and oxygen atoms in total. The zero-order valence-electron chi connectivity index (χ0n) is 8.56. The Bertz CT molecular complexity index is 502. The summed E-state index contributed by atoms with van der Waals surface area (Å²) in [5, 5.41) is 0.856. The van der Waals surface area contributed by atoms with Gasteiger partial charge in [-0.3, -0.25) is 4.79 Å². The summed E-state index contributed by atoms with van der Waals surface area (Å²) in [4.78, 5) is 16.0. The fourth-order valence-corrected chi connectivity index (χ4v) is 1.51. The van der Waals surface area contributed by atoms with Crippen LogP contribution in [0.5, 0.6) is 5.75 Å². The number of hydrogen-bond acceptors (Lipinski definition) is 3. The van der Waals surface area contributed by atoms with E-state index < -0.39 is 0 Å². The van der Waals surface area contributed by atoms with Crippen molar-refractivity contribution in [3.63, 3.8) is 0 Å². The maximum absolute atomic E-state index is 10.9. The van der Waals surface area contributed by atoms with Crippen LogP contribution in [0.3, 0.4) is 0 Å². The first-order valence-corrected chi connectivity index (χ1v) is 4.55. The average molecular weight is 205 g/mol. The highest BCUT2D eigenvalue weighted by Gasteiger charge is 2.10. The zero-order chi connectivity index (χ0) is 10.8. The molecule has 78 valence electrons. The van der Waals surface area contributed by atoms with Crippen LogP contribution in [0.25, 0.3) is 10.9 Å². The Morgan fingerprint density at radius 3 is 2.73 bits per heavy atom. The molecule has 0 saturated heterocycles. The number of para-hydroxylation sites is 1. The number of benzene rings is 1. The van der Waals surface area contributed by atoms with Crippen LogP contribution in [-0.2, 0) is 4.79 Å². The van der Waals surface area contributed by atoms with E-state index in [0.717, 1.165) is 10.9 Å². The number of esters is 1. The largest absolute Gasteiger partial charge is 0.424 e. The highest BCUT2D eigenvalue weighted by Crippen LogP contribution is 2.27. The van der Waals surface area contributed by atoms with Crippen LogP contribution in [0.15, 0.2) is 30.5 Å². The lowest BCUT2D eigenvalue weighted by atomic mass is 10.2. The van der Waals surface area contributed by atoms with Crippen LogP contribution < -0.4 is 9.57 Å². The second kappa shape index (κ2) is 3.65. The Balaban J connectivity index is 2.59. The Hall–Kier alpha value is -1.97. The molecule has 1 heterocycles. The first-order valence-electron chi connectivity index (χ1n) is 4.55. The van der Waals surface area contributed by atoms with Crippen molar-refractivity contribution in [3.8, 4) is 5.75 Å². The van der Waals surface area contributed by atoms with Crippen LogP contribution in [-0.4, -0.2) is 17.8 Å². The predicted molar refractivity (Wildman–Crippen MR) is 55.8 cm³/mol. The minimum absolute atomic E-state index is 0.339. The zero-order valence-corrected chi connectivity index (χ0v) is 8.56. The molecule has 0 fully saturated rings. The molecule has 1 aromatic carbocycles. The first-order chi connectivity index (χ1) is 7.22. The molecule has 0 bridgehead atoms. The molecule has 4 heteroatoms. The molecule has 2 aromatic rings. The van der Waals surface area contributed by atoms with E-state index in [4.69, 9.17) is 9.57 Å². The number of aromatic nitrogens is 1. The number of rotatable bonds is 2. The van der Waals surface area contributed by atoms with E-state index in [-0.39, 0.29) is 5.97 Å². The second-order valence-electron chi connectivity index (χ2n) is 3.11. The summed E-state index contributed by atoms with van der Waals surface area (Å²) in [7, 11) is 1.56. The lowest BCUT2D eigenvalue weighted by molar-refractivity contribution is -0.131. The standard InChI is InChI=1S/C11H11NO3/c1-8(13)15-11-7-12(14-2)10-6-4-3-5-9(10)11/h3-7H,1-2H3. The molecule has 0 saturated carbocycles. The highest BCUT2D eigenvalue weighted by molar-refractivity contribution is 5.88. The van der Waals surface area contributed by atoms with Crippen molar-refractivity contribution in [2.24, 2.45) is 0 Å². The van der Waals surface area contributed by atoms with Gasteiger partial charge in [0.05, 0.1) is 11.7 Å². The van der Waals surface area contributed by atoms with Crippen molar-refractivity contribution in [1.29, 1.82) is 0 Å². The summed E-state index contributed by atoms with van der Waals surface area (Å²) in [5.74, 6) is 0.175. The topological polar surface area (TPSA) is 40.5 Å². The van der Waals surface area contributed by atoms with Crippen LogP contribution >= 0.6 is 0 Å². The number of carbonyl (C=O) groups is 1. The van der Waals surface area contributed by atoms with Crippen molar-refractivity contribution < 1.29 is 14.4 Å². The maximum atomic E-state index is 10.9. The highest BCUT2D eigenvalue weighted by atomic mass is 16.6.